The number of hydrogen-bond donors (Lipinski definition) is 3. The summed E-state index contributed by atoms with van der Waals surface area (Å²) in [6.07, 6.45) is 2.20. The minimum absolute atomic E-state index is 0.403. The van der Waals surface area contributed by atoms with Gasteiger partial charge >= 0.3 is 5.97 Å². The van der Waals surface area contributed by atoms with Crippen LogP contribution in [0, 0.1) is 0 Å². The predicted octanol–water partition coefficient (Wildman–Crippen LogP) is 0.393. The second-order valence-corrected chi connectivity index (χ2v) is 2.81. The van der Waals surface area contributed by atoms with E-state index in [1.54, 1.807) is 6.20 Å². The molecule has 1 aliphatic heterocycles. The fourth-order valence-corrected chi connectivity index (χ4v) is 1.45. The van der Waals surface area contributed by atoms with Crippen LogP contribution in [0.2, 0.25) is 0 Å². The quantitative estimate of drug-likeness (QED) is 0.565. The summed E-state index contributed by atoms with van der Waals surface area (Å²) in [5.74, 6) is -0.437. The molecule has 0 aromatic carbocycles. The number of carboxylic acid groups (broad SMARTS) is 1. The van der Waals surface area contributed by atoms with Gasteiger partial charge in [0.05, 0.1) is 12.1 Å². The Morgan fingerprint density at radius 1 is 1.75 bits per heavy atom. The number of carbonyl (C=O) groups is 1. The Kier molecular flexibility index (Phi) is 1.49. The summed E-state index contributed by atoms with van der Waals surface area (Å²) >= 11 is 0. The minimum atomic E-state index is -0.779. The molecule has 5 heteroatoms. The number of aromatic amines is 1. The topological polar surface area (TPSA) is 78.0 Å². The molecule has 1 aromatic heterocycles. The number of rotatable bonds is 1. The molecule has 2 heterocycles. The minimum Gasteiger partial charge on any atom is -0.481 e. The monoisotopic (exact) mass is 167 g/mol. The highest BCUT2D eigenvalue weighted by atomic mass is 16.4. The molecule has 0 amide bonds. The molecule has 0 saturated heterocycles. The van der Waals surface area contributed by atoms with E-state index in [1.165, 1.54) is 0 Å². The van der Waals surface area contributed by atoms with Gasteiger partial charge in [0, 0.05) is 12.1 Å². The normalized spacial score (nSPS) is 21.2. The maximum atomic E-state index is 10.7. The van der Waals surface area contributed by atoms with Crippen molar-refractivity contribution in [3.63, 3.8) is 0 Å². The van der Waals surface area contributed by atoms with Crippen molar-refractivity contribution in [3.05, 3.63) is 11.8 Å². The van der Waals surface area contributed by atoms with E-state index in [-0.39, 0.29) is 0 Å². The predicted molar refractivity (Wildman–Crippen MR) is 42.1 cm³/mol. The SMILES string of the molecule is O=C(O)C1CCNc2[nH]ncc21. The molecule has 12 heavy (non-hydrogen) atoms. The fourth-order valence-electron chi connectivity index (χ4n) is 1.45. The van der Waals surface area contributed by atoms with Gasteiger partial charge in [0.25, 0.3) is 0 Å². The van der Waals surface area contributed by atoms with Crippen LogP contribution in [0.25, 0.3) is 0 Å². The molecule has 0 aliphatic carbocycles. The maximum absolute atomic E-state index is 10.7. The van der Waals surface area contributed by atoms with E-state index in [4.69, 9.17) is 5.11 Å². The van der Waals surface area contributed by atoms with Crippen molar-refractivity contribution in [2.75, 3.05) is 11.9 Å². The molecule has 3 N–H and O–H groups in total. The van der Waals surface area contributed by atoms with Gasteiger partial charge in [-0.25, -0.2) is 0 Å². The zero-order valence-corrected chi connectivity index (χ0v) is 6.37. The summed E-state index contributed by atoms with van der Waals surface area (Å²) in [4.78, 5) is 10.7. The van der Waals surface area contributed by atoms with Crippen molar-refractivity contribution >= 4 is 11.8 Å². The van der Waals surface area contributed by atoms with E-state index in [0.717, 1.165) is 11.4 Å². The lowest BCUT2D eigenvalue weighted by Gasteiger charge is -2.18. The van der Waals surface area contributed by atoms with Gasteiger partial charge in [0.15, 0.2) is 0 Å². The van der Waals surface area contributed by atoms with E-state index in [0.29, 0.717) is 13.0 Å². The molecule has 2 rings (SSSR count). The van der Waals surface area contributed by atoms with Gasteiger partial charge in [-0.05, 0) is 6.42 Å². The second kappa shape index (κ2) is 2.51. The standard InChI is InChI=1S/C7H9N3O2/c11-7(12)4-1-2-8-6-5(4)3-9-10-6/h3-4H,1-2H2,(H,11,12)(H2,8,9,10). The Hall–Kier alpha value is -1.52. The number of hydrogen-bond acceptors (Lipinski definition) is 3. The molecule has 0 spiro atoms. The molecular weight excluding hydrogens is 158 g/mol. The lowest BCUT2D eigenvalue weighted by molar-refractivity contribution is -0.138. The van der Waals surface area contributed by atoms with E-state index in [9.17, 15) is 4.79 Å². The van der Waals surface area contributed by atoms with Crippen molar-refractivity contribution in [2.24, 2.45) is 0 Å². The first-order valence-electron chi connectivity index (χ1n) is 3.79. The number of nitrogens with zero attached hydrogens (tertiary/aromatic N) is 1. The smallest absolute Gasteiger partial charge is 0.311 e. The average Bonchev–Trinajstić information content (AvgIpc) is 2.49. The fraction of sp³-hybridized carbons (Fsp3) is 0.429. The van der Waals surface area contributed by atoms with Crippen LogP contribution in [0.5, 0.6) is 0 Å². The number of anilines is 1. The van der Waals surface area contributed by atoms with Gasteiger partial charge in [-0.3, -0.25) is 9.89 Å². The zero-order chi connectivity index (χ0) is 8.55. The van der Waals surface area contributed by atoms with Crippen LogP contribution >= 0.6 is 0 Å². The number of nitrogens with one attached hydrogen (secondary N) is 2. The molecule has 1 unspecified atom stereocenters. The van der Waals surface area contributed by atoms with Crippen molar-refractivity contribution in [1.82, 2.24) is 10.2 Å². The van der Waals surface area contributed by atoms with Crippen molar-refractivity contribution in [1.29, 1.82) is 0 Å². The molecule has 1 aliphatic rings. The Morgan fingerprint density at radius 2 is 2.58 bits per heavy atom. The van der Waals surface area contributed by atoms with E-state index in [2.05, 4.69) is 15.5 Å². The lowest BCUT2D eigenvalue weighted by atomic mass is 9.95. The number of carboxylic acids is 1. The van der Waals surface area contributed by atoms with Crippen LogP contribution in [-0.4, -0.2) is 27.8 Å². The van der Waals surface area contributed by atoms with Crippen LogP contribution in [0.15, 0.2) is 6.20 Å². The number of fused-ring (bicyclic) bond motifs is 1. The third-order valence-electron chi connectivity index (χ3n) is 2.08. The molecular formula is C7H9N3O2. The first-order valence-corrected chi connectivity index (χ1v) is 3.79. The third-order valence-corrected chi connectivity index (χ3v) is 2.08. The van der Waals surface area contributed by atoms with Crippen molar-refractivity contribution in [2.45, 2.75) is 12.3 Å². The van der Waals surface area contributed by atoms with E-state index < -0.39 is 11.9 Å². The van der Waals surface area contributed by atoms with Gasteiger partial charge in [-0.2, -0.15) is 5.10 Å². The highest BCUT2D eigenvalue weighted by Crippen LogP contribution is 2.29. The molecule has 1 aromatic rings. The number of aliphatic carboxylic acids is 1. The molecule has 5 nitrogen and oxygen atoms in total. The average molecular weight is 167 g/mol. The Balaban J connectivity index is 2.37. The maximum Gasteiger partial charge on any atom is 0.311 e. The van der Waals surface area contributed by atoms with Gasteiger partial charge in [0.2, 0.25) is 0 Å². The third kappa shape index (κ3) is 0.939. The van der Waals surface area contributed by atoms with Gasteiger partial charge in [-0.1, -0.05) is 0 Å². The van der Waals surface area contributed by atoms with Crippen LogP contribution in [0.1, 0.15) is 17.9 Å². The summed E-state index contributed by atoms with van der Waals surface area (Å²) in [5.41, 5.74) is 0.758. The van der Waals surface area contributed by atoms with Crippen molar-refractivity contribution < 1.29 is 9.90 Å². The van der Waals surface area contributed by atoms with Gasteiger partial charge in [-0.15, -0.1) is 0 Å². The molecule has 1 atom stereocenters. The zero-order valence-electron chi connectivity index (χ0n) is 6.37. The summed E-state index contributed by atoms with van der Waals surface area (Å²) in [6.45, 7) is 0.687. The Bertz CT molecular complexity index is 307. The van der Waals surface area contributed by atoms with Gasteiger partial charge in [0.1, 0.15) is 5.82 Å². The largest absolute Gasteiger partial charge is 0.481 e. The molecule has 0 fully saturated rings. The van der Waals surface area contributed by atoms with Gasteiger partial charge < -0.3 is 10.4 Å². The highest BCUT2D eigenvalue weighted by Gasteiger charge is 2.27. The second-order valence-electron chi connectivity index (χ2n) is 2.81. The Labute approximate surface area is 68.8 Å². The molecule has 64 valence electrons. The van der Waals surface area contributed by atoms with Crippen LogP contribution < -0.4 is 5.32 Å². The number of aromatic nitrogens is 2. The van der Waals surface area contributed by atoms with Crippen LogP contribution in [0.3, 0.4) is 0 Å². The first kappa shape index (κ1) is 7.15. The molecule has 0 bridgehead atoms. The van der Waals surface area contributed by atoms with E-state index >= 15 is 0 Å². The summed E-state index contributed by atoms with van der Waals surface area (Å²) in [7, 11) is 0. The van der Waals surface area contributed by atoms with E-state index in [1.807, 2.05) is 0 Å². The highest BCUT2D eigenvalue weighted by molar-refractivity contribution is 5.79. The lowest BCUT2D eigenvalue weighted by Crippen LogP contribution is -2.21. The van der Waals surface area contributed by atoms with Crippen LogP contribution in [-0.2, 0) is 4.79 Å². The number of H-pyrrole nitrogens is 1. The van der Waals surface area contributed by atoms with Crippen LogP contribution in [0.4, 0.5) is 5.82 Å². The van der Waals surface area contributed by atoms with Crippen molar-refractivity contribution in [3.8, 4) is 0 Å². The Morgan fingerprint density at radius 3 is 3.33 bits per heavy atom. The molecule has 0 saturated carbocycles. The summed E-state index contributed by atoms with van der Waals surface area (Å²) in [6, 6.07) is 0. The first-order chi connectivity index (χ1) is 5.79. The molecule has 0 radical (unpaired) electrons. The summed E-state index contributed by atoms with van der Waals surface area (Å²) < 4.78 is 0. The summed E-state index contributed by atoms with van der Waals surface area (Å²) in [5, 5.41) is 18.4.